The van der Waals surface area contributed by atoms with Crippen LogP contribution in [0.1, 0.15) is 50.5 Å². The van der Waals surface area contributed by atoms with Gasteiger partial charge in [-0.2, -0.15) is 0 Å². The Hall–Kier alpha value is -4.56. The fraction of sp³-hybridized carbons (Fsp3) is 0.351. The molecule has 0 bridgehead atoms. The van der Waals surface area contributed by atoms with Crippen LogP contribution in [0, 0.1) is 0 Å². The van der Waals surface area contributed by atoms with Crippen LogP contribution >= 0.6 is 31.9 Å². The number of hydrogen-bond donors (Lipinski definition) is 0. The molecule has 12 nitrogen and oxygen atoms in total. The van der Waals surface area contributed by atoms with Crippen molar-refractivity contribution < 1.29 is 0 Å². The lowest BCUT2D eigenvalue weighted by atomic mass is 10.1. The van der Waals surface area contributed by atoms with E-state index in [0.29, 0.717) is 28.9 Å². The van der Waals surface area contributed by atoms with Crippen LogP contribution in [0.4, 0.5) is 11.9 Å². The zero-order valence-electron chi connectivity index (χ0n) is 28.4. The molecule has 3 aromatic carbocycles. The molecule has 4 aromatic heterocycles. The van der Waals surface area contributed by atoms with Crippen molar-refractivity contribution in [1.29, 1.82) is 0 Å². The Morgan fingerprint density at radius 3 is 1.65 bits per heavy atom. The summed E-state index contributed by atoms with van der Waals surface area (Å²) in [6, 6.07) is 21.6. The zero-order valence-corrected chi connectivity index (χ0v) is 31.6. The highest BCUT2D eigenvalue weighted by Crippen LogP contribution is 2.26. The van der Waals surface area contributed by atoms with Crippen molar-refractivity contribution in [3.63, 3.8) is 0 Å². The van der Waals surface area contributed by atoms with Gasteiger partial charge < -0.3 is 9.80 Å². The molecule has 9 rings (SSSR count). The fourth-order valence-electron chi connectivity index (χ4n) is 7.30. The Bertz CT molecular complexity index is 2490. The standard InChI is InChI=1S/C21H20BrN5O.C16H18BrN5O/c22-16-9-10-18-17(13-16)19(28)26(14-15-7-3-1-4-8-15)21-24-23-20(27(18)21)25-11-5-2-6-12-25;1-20-14(23)12-10-11(17)6-7-13(12)22-15(20)18-19-16(22)21-8-4-2-3-5-9-21/h1,3-4,7-10,13H,2,5-6,11-12,14H2;6-7,10H,2-5,8-9H2,1H3. The average molecular weight is 815 g/mol. The van der Waals surface area contributed by atoms with Gasteiger partial charge in [0.05, 0.1) is 28.4 Å². The lowest BCUT2D eigenvalue weighted by Gasteiger charge is -2.26. The maximum Gasteiger partial charge on any atom is 0.263 e. The Labute approximate surface area is 310 Å². The minimum Gasteiger partial charge on any atom is -0.341 e. The SMILES string of the molecule is Cn1c(=O)c2cc(Br)ccc2n2c(N3CCCCCC3)nnc12.O=c1c2cc(Br)ccc2n2c(N3CCCCC3)nnc2n1Cc1ccccc1. The highest BCUT2D eigenvalue weighted by Gasteiger charge is 2.23. The second kappa shape index (κ2) is 14.2. The van der Waals surface area contributed by atoms with Gasteiger partial charge in [0.1, 0.15) is 0 Å². The Kier molecular flexibility index (Phi) is 9.36. The van der Waals surface area contributed by atoms with Gasteiger partial charge in [-0.25, -0.2) is 8.80 Å². The molecule has 0 N–H and O–H groups in total. The van der Waals surface area contributed by atoms with E-state index in [1.54, 1.807) is 16.2 Å². The number of benzene rings is 3. The number of nitrogens with zero attached hydrogens (tertiary/aromatic N) is 10. The van der Waals surface area contributed by atoms with Gasteiger partial charge in [-0.15, -0.1) is 20.4 Å². The van der Waals surface area contributed by atoms with Crippen molar-refractivity contribution >= 4 is 77.1 Å². The van der Waals surface area contributed by atoms with E-state index in [0.717, 1.165) is 76.5 Å². The van der Waals surface area contributed by atoms with Crippen LogP contribution in [0.2, 0.25) is 0 Å². The molecule has 7 aromatic rings. The van der Waals surface area contributed by atoms with E-state index < -0.39 is 0 Å². The number of hydrogen-bond acceptors (Lipinski definition) is 8. The summed E-state index contributed by atoms with van der Waals surface area (Å²) in [7, 11) is 1.75. The maximum absolute atomic E-state index is 13.3. The topological polar surface area (TPSA) is 111 Å². The first kappa shape index (κ1) is 33.6. The molecule has 2 fully saturated rings. The average Bonchev–Trinajstić information content (AvgIpc) is 3.71. The summed E-state index contributed by atoms with van der Waals surface area (Å²) in [6.07, 6.45) is 8.43. The van der Waals surface area contributed by atoms with Crippen molar-refractivity contribution in [3.8, 4) is 0 Å². The summed E-state index contributed by atoms with van der Waals surface area (Å²) >= 11 is 6.96. The molecule has 2 aliphatic rings. The quantitative estimate of drug-likeness (QED) is 0.197. The molecule has 262 valence electrons. The van der Waals surface area contributed by atoms with E-state index in [9.17, 15) is 9.59 Å². The first-order valence-electron chi connectivity index (χ1n) is 17.5. The Balaban J connectivity index is 0.000000150. The van der Waals surface area contributed by atoms with Crippen molar-refractivity contribution in [2.75, 3.05) is 36.0 Å². The molecule has 0 aliphatic carbocycles. The minimum atomic E-state index is -0.0522. The summed E-state index contributed by atoms with van der Waals surface area (Å²) in [5, 5.41) is 19.0. The van der Waals surface area contributed by atoms with Crippen LogP contribution in [0.5, 0.6) is 0 Å². The lowest BCUT2D eigenvalue weighted by Crippen LogP contribution is -2.32. The normalized spacial score (nSPS) is 15.4. The molecule has 2 aliphatic heterocycles. The van der Waals surface area contributed by atoms with Gasteiger partial charge in [0, 0.05) is 42.2 Å². The third-order valence-corrected chi connectivity index (χ3v) is 10.9. The second-order valence-electron chi connectivity index (χ2n) is 13.3. The van der Waals surface area contributed by atoms with Crippen LogP contribution < -0.4 is 20.9 Å². The lowest BCUT2D eigenvalue weighted by molar-refractivity contribution is 0.567. The monoisotopic (exact) mass is 812 g/mol. The molecule has 2 saturated heterocycles. The van der Waals surface area contributed by atoms with Gasteiger partial charge in [-0.3, -0.25) is 18.7 Å². The number of halogens is 2. The number of anilines is 2. The highest BCUT2D eigenvalue weighted by molar-refractivity contribution is 9.10. The van der Waals surface area contributed by atoms with Gasteiger partial charge in [0.25, 0.3) is 11.1 Å². The molecular weight excluding hydrogens is 776 g/mol. The number of aryl methyl sites for hydroxylation is 1. The minimum absolute atomic E-state index is 0.0507. The maximum atomic E-state index is 13.3. The first-order chi connectivity index (χ1) is 24.9. The summed E-state index contributed by atoms with van der Waals surface area (Å²) < 4.78 is 9.13. The third kappa shape index (κ3) is 6.32. The number of aromatic nitrogens is 8. The molecule has 0 spiro atoms. The van der Waals surface area contributed by atoms with Crippen LogP contribution in [0.25, 0.3) is 33.4 Å². The first-order valence-corrected chi connectivity index (χ1v) is 19.1. The van der Waals surface area contributed by atoms with Crippen LogP contribution in [0.3, 0.4) is 0 Å². The van der Waals surface area contributed by atoms with E-state index in [2.05, 4.69) is 62.1 Å². The van der Waals surface area contributed by atoms with E-state index in [1.807, 2.05) is 75.5 Å². The van der Waals surface area contributed by atoms with Gasteiger partial charge >= 0.3 is 0 Å². The Morgan fingerprint density at radius 2 is 1.08 bits per heavy atom. The van der Waals surface area contributed by atoms with E-state index >= 15 is 0 Å². The predicted molar refractivity (Wildman–Crippen MR) is 208 cm³/mol. The number of fused-ring (bicyclic) bond motifs is 6. The molecule has 0 atom stereocenters. The molecule has 6 heterocycles. The van der Waals surface area contributed by atoms with Gasteiger partial charge in [-0.05, 0) is 74.1 Å². The molecule has 0 radical (unpaired) electrons. The van der Waals surface area contributed by atoms with Crippen LogP contribution in [-0.4, -0.2) is 64.5 Å². The summed E-state index contributed by atoms with van der Waals surface area (Å²) in [5.74, 6) is 2.84. The second-order valence-corrected chi connectivity index (χ2v) is 15.1. The summed E-state index contributed by atoms with van der Waals surface area (Å²) in [5.41, 5.74) is 2.66. The van der Waals surface area contributed by atoms with Crippen molar-refractivity contribution in [1.82, 2.24) is 38.3 Å². The van der Waals surface area contributed by atoms with Crippen LogP contribution in [0.15, 0.2) is 85.3 Å². The zero-order chi connectivity index (χ0) is 35.1. The van der Waals surface area contributed by atoms with E-state index in [-0.39, 0.29) is 11.1 Å². The summed E-state index contributed by atoms with van der Waals surface area (Å²) in [4.78, 5) is 30.5. The molecule has 0 amide bonds. The smallest absolute Gasteiger partial charge is 0.263 e. The molecule has 0 unspecified atom stereocenters. The van der Waals surface area contributed by atoms with E-state index in [4.69, 9.17) is 0 Å². The van der Waals surface area contributed by atoms with Gasteiger partial charge in [0.15, 0.2) is 0 Å². The summed E-state index contributed by atoms with van der Waals surface area (Å²) in [6.45, 7) is 4.38. The third-order valence-electron chi connectivity index (χ3n) is 9.92. The molecule has 51 heavy (non-hydrogen) atoms. The fourth-order valence-corrected chi connectivity index (χ4v) is 8.02. The highest BCUT2D eigenvalue weighted by atomic mass is 79.9. The number of piperidine rings is 1. The molecule has 0 saturated carbocycles. The van der Waals surface area contributed by atoms with Crippen molar-refractivity contribution in [3.05, 3.63) is 102 Å². The van der Waals surface area contributed by atoms with Crippen molar-refractivity contribution in [2.24, 2.45) is 7.05 Å². The molecular formula is C37H38Br2N10O2. The van der Waals surface area contributed by atoms with Gasteiger partial charge in [0.2, 0.25) is 23.5 Å². The van der Waals surface area contributed by atoms with Gasteiger partial charge in [-0.1, -0.05) is 75.0 Å². The number of rotatable bonds is 4. The van der Waals surface area contributed by atoms with E-state index in [1.165, 1.54) is 32.1 Å². The van der Waals surface area contributed by atoms with Crippen LogP contribution in [-0.2, 0) is 13.6 Å². The van der Waals surface area contributed by atoms with Crippen molar-refractivity contribution in [2.45, 2.75) is 51.5 Å². The molecule has 14 heteroatoms. The Morgan fingerprint density at radius 1 is 0.588 bits per heavy atom. The predicted octanol–water partition coefficient (Wildman–Crippen LogP) is 6.57. The largest absolute Gasteiger partial charge is 0.341 e.